The molecule has 3 heteroatoms. The van der Waals surface area contributed by atoms with E-state index in [9.17, 15) is 4.79 Å². The summed E-state index contributed by atoms with van der Waals surface area (Å²) in [4.78, 5) is 13.2. The Hall–Kier alpha value is -1.17. The molecule has 1 heterocycles. The average Bonchev–Trinajstić information content (AvgIpc) is 2.60. The van der Waals surface area contributed by atoms with E-state index in [4.69, 9.17) is 4.74 Å². The summed E-state index contributed by atoms with van der Waals surface area (Å²) in [6.45, 7) is 2.85. The largest absolute Gasteiger partial charge is 0.453 e. The zero-order valence-corrected chi connectivity index (χ0v) is 7.96. The molecular formula is C10H13NO2. The van der Waals surface area contributed by atoms with E-state index in [1.165, 1.54) is 7.11 Å². The van der Waals surface area contributed by atoms with Crippen molar-refractivity contribution < 1.29 is 9.53 Å². The van der Waals surface area contributed by atoms with Gasteiger partial charge >= 0.3 is 6.09 Å². The number of amides is 1. The molecule has 1 fully saturated rings. The zero-order chi connectivity index (χ0) is 9.47. The van der Waals surface area contributed by atoms with Gasteiger partial charge in [-0.1, -0.05) is 11.8 Å². The molecule has 0 aromatic rings. The van der Waals surface area contributed by atoms with Crippen molar-refractivity contribution in [2.45, 2.75) is 25.3 Å². The summed E-state index contributed by atoms with van der Waals surface area (Å²) < 4.78 is 4.73. The van der Waals surface area contributed by atoms with Crippen LogP contribution in [0.5, 0.6) is 0 Å². The minimum absolute atomic E-state index is 0.187. The van der Waals surface area contributed by atoms with Crippen LogP contribution in [0.2, 0.25) is 0 Å². The first-order chi connectivity index (χ1) is 6.20. The second kappa shape index (κ2) is 2.66. The highest BCUT2D eigenvalue weighted by Gasteiger charge is 2.50. The molecule has 2 rings (SSSR count). The molecule has 13 heavy (non-hydrogen) atoms. The van der Waals surface area contributed by atoms with Crippen molar-refractivity contribution in [3.63, 3.8) is 0 Å². The molecule has 2 atom stereocenters. The summed E-state index contributed by atoms with van der Waals surface area (Å²) in [5, 5.41) is 0. The van der Waals surface area contributed by atoms with Crippen LogP contribution in [0.3, 0.4) is 0 Å². The Morgan fingerprint density at radius 2 is 2.46 bits per heavy atom. The molecule has 0 saturated carbocycles. The van der Waals surface area contributed by atoms with E-state index in [1.807, 2.05) is 0 Å². The number of methoxy groups -OCH3 is 1. The zero-order valence-electron chi connectivity index (χ0n) is 7.96. The molecule has 1 spiro atoms. The van der Waals surface area contributed by atoms with Crippen molar-refractivity contribution in [2.75, 3.05) is 13.7 Å². The normalized spacial score (nSPS) is 35.2. The fraction of sp³-hybridized carbons (Fsp3) is 0.700. The van der Waals surface area contributed by atoms with Gasteiger partial charge in [0.05, 0.1) is 13.0 Å². The molecule has 1 amide bonds. The van der Waals surface area contributed by atoms with E-state index in [1.54, 1.807) is 4.90 Å². The summed E-state index contributed by atoms with van der Waals surface area (Å²) in [7, 11) is 1.42. The SMILES string of the molecule is COC(=O)N1CCC[C@]12C#C[C@@H]2C. The second-order valence-electron chi connectivity index (χ2n) is 3.64. The number of rotatable bonds is 0. The van der Waals surface area contributed by atoms with E-state index in [0.29, 0.717) is 5.92 Å². The van der Waals surface area contributed by atoms with E-state index < -0.39 is 0 Å². The van der Waals surface area contributed by atoms with Gasteiger partial charge in [0.15, 0.2) is 0 Å². The van der Waals surface area contributed by atoms with Crippen LogP contribution < -0.4 is 0 Å². The molecule has 1 aliphatic heterocycles. The van der Waals surface area contributed by atoms with Gasteiger partial charge in [-0.15, -0.1) is 0 Å². The number of nitrogens with zero attached hydrogens (tertiary/aromatic N) is 1. The predicted molar refractivity (Wildman–Crippen MR) is 48.0 cm³/mol. The number of likely N-dealkylation sites (tertiary alicyclic amines) is 1. The minimum Gasteiger partial charge on any atom is -0.453 e. The number of carbonyl (C=O) groups is 1. The number of hydrogen-bond donors (Lipinski definition) is 0. The molecular weight excluding hydrogens is 166 g/mol. The predicted octanol–water partition coefficient (Wildman–Crippen LogP) is 1.24. The van der Waals surface area contributed by atoms with Gasteiger partial charge in [-0.3, -0.25) is 4.90 Å². The van der Waals surface area contributed by atoms with Gasteiger partial charge < -0.3 is 4.74 Å². The quantitative estimate of drug-likeness (QED) is 0.524. The topological polar surface area (TPSA) is 29.5 Å². The highest BCUT2D eigenvalue weighted by molar-refractivity contribution is 5.71. The molecule has 2 aliphatic rings. The lowest BCUT2D eigenvalue weighted by molar-refractivity contribution is 0.0897. The molecule has 1 aliphatic carbocycles. The van der Waals surface area contributed by atoms with E-state index in [0.717, 1.165) is 19.4 Å². The van der Waals surface area contributed by atoms with Gasteiger partial charge in [-0.2, -0.15) is 0 Å². The monoisotopic (exact) mass is 179 g/mol. The van der Waals surface area contributed by atoms with Crippen molar-refractivity contribution in [3.05, 3.63) is 0 Å². The number of carbonyl (C=O) groups excluding carboxylic acids is 1. The molecule has 1 saturated heterocycles. The Morgan fingerprint density at radius 3 is 2.92 bits per heavy atom. The maximum Gasteiger partial charge on any atom is 0.410 e. The molecule has 70 valence electrons. The van der Waals surface area contributed by atoms with Crippen LogP contribution >= 0.6 is 0 Å². The molecule has 0 aromatic heterocycles. The maximum atomic E-state index is 11.4. The van der Waals surface area contributed by atoms with E-state index in [-0.39, 0.29) is 11.6 Å². The standard InChI is InChI=1S/C10H13NO2/c1-8-4-6-10(8)5-3-7-11(10)9(12)13-2/h8H,3,5,7H2,1-2H3/t8-,10+/m0/s1. The van der Waals surface area contributed by atoms with Gasteiger partial charge in [-0.05, 0) is 19.8 Å². The lowest BCUT2D eigenvalue weighted by Crippen LogP contribution is -2.54. The van der Waals surface area contributed by atoms with Crippen molar-refractivity contribution in [3.8, 4) is 11.8 Å². The van der Waals surface area contributed by atoms with Crippen molar-refractivity contribution in [1.82, 2.24) is 4.90 Å². The summed E-state index contributed by atoms with van der Waals surface area (Å²) in [6.07, 6.45) is 1.79. The summed E-state index contributed by atoms with van der Waals surface area (Å²) in [5.41, 5.74) is -0.187. The van der Waals surface area contributed by atoms with Gasteiger partial charge in [0.1, 0.15) is 5.54 Å². The highest BCUT2D eigenvalue weighted by atomic mass is 16.5. The lowest BCUT2D eigenvalue weighted by Gasteiger charge is -2.40. The van der Waals surface area contributed by atoms with Crippen molar-refractivity contribution >= 4 is 6.09 Å². The second-order valence-corrected chi connectivity index (χ2v) is 3.64. The Morgan fingerprint density at radius 1 is 1.69 bits per heavy atom. The van der Waals surface area contributed by atoms with Crippen LogP contribution in [0, 0.1) is 17.8 Å². The molecule has 0 radical (unpaired) electrons. The first-order valence-electron chi connectivity index (χ1n) is 4.59. The summed E-state index contributed by atoms with van der Waals surface area (Å²) in [6, 6.07) is 0. The van der Waals surface area contributed by atoms with Gasteiger partial charge in [0.2, 0.25) is 0 Å². The van der Waals surface area contributed by atoms with E-state index in [2.05, 4.69) is 18.8 Å². The fourth-order valence-corrected chi connectivity index (χ4v) is 2.17. The van der Waals surface area contributed by atoms with Crippen LogP contribution in [0.1, 0.15) is 19.8 Å². The first kappa shape index (κ1) is 8.43. The summed E-state index contributed by atoms with van der Waals surface area (Å²) in [5.74, 6) is 6.46. The smallest absolute Gasteiger partial charge is 0.410 e. The Bertz CT molecular complexity index is 302. The van der Waals surface area contributed by atoms with Crippen molar-refractivity contribution in [2.24, 2.45) is 5.92 Å². The van der Waals surface area contributed by atoms with Crippen LogP contribution in [0.4, 0.5) is 4.79 Å². The molecule has 0 N–H and O–H groups in total. The number of ether oxygens (including phenoxy) is 1. The van der Waals surface area contributed by atoms with Crippen LogP contribution in [-0.2, 0) is 4.74 Å². The lowest BCUT2D eigenvalue weighted by atomic mass is 9.76. The summed E-state index contributed by atoms with van der Waals surface area (Å²) >= 11 is 0. The van der Waals surface area contributed by atoms with Gasteiger partial charge in [0.25, 0.3) is 0 Å². The first-order valence-corrected chi connectivity index (χ1v) is 4.59. The van der Waals surface area contributed by atoms with Crippen molar-refractivity contribution in [1.29, 1.82) is 0 Å². The minimum atomic E-state index is -0.238. The average molecular weight is 179 g/mol. The maximum absolute atomic E-state index is 11.4. The molecule has 3 nitrogen and oxygen atoms in total. The van der Waals surface area contributed by atoms with Gasteiger partial charge in [0, 0.05) is 6.54 Å². The van der Waals surface area contributed by atoms with Crippen LogP contribution in [0.15, 0.2) is 0 Å². The molecule has 0 bridgehead atoms. The molecule has 0 aromatic carbocycles. The Labute approximate surface area is 78.0 Å². The third-order valence-corrected chi connectivity index (χ3v) is 3.04. The van der Waals surface area contributed by atoms with Crippen LogP contribution in [0.25, 0.3) is 0 Å². The van der Waals surface area contributed by atoms with E-state index >= 15 is 0 Å². The number of hydrogen-bond acceptors (Lipinski definition) is 2. The Balaban J connectivity index is 2.22. The molecule has 0 unspecified atom stereocenters. The van der Waals surface area contributed by atoms with Gasteiger partial charge in [-0.25, -0.2) is 4.79 Å². The van der Waals surface area contributed by atoms with Crippen LogP contribution in [-0.4, -0.2) is 30.2 Å². The highest BCUT2D eigenvalue weighted by Crippen LogP contribution is 2.39. The third-order valence-electron chi connectivity index (χ3n) is 3.04. The Kier molecular flexibility index (Phi) is 1.73. The third kappa shape index (κ3) is 0.949. The fourth-order valence-electron chi connectivity index (χ4n) is 2.17.